The maximum atomic E-state index is 15.2. The Bertz CT molecular complexity index is 1380. The van der Waals surface area contributed by atoms with Crippen LogP contribution in [0.4, 0.5) is 26.3 Å². The van der Waals surface area contributed by atoms with E-state index in [0.29, 0.717) is 17.6 Å². The molecule has 0 aliphatic rings. The molecule has 0 aliphatic carbocycles. The minimum atomic E-state index is -4.72. The van der Waals surface area contributed by atoms with E-state index in [-0.39, 0.29) is 18.4 Å². The minimum Gasteiger partial charge on any atom is -0.478 e. The van der Waals surface area contributed by atoms with Gasteiger partial charge in [-0.25, -0.2) is 13.2 Å². The van der Waals surface area contributed by atoms with Crippen molar-refractivity contribution in [3.8, 4) is 5.75 Å². The Hall–Kier alpha value is -3.59. The van der Waals surface area contributed by atoms with E-state index in [1.165, 1.54) is 0 Å². The molecular formula is C29H25F6NO2. The monoisotopic (exact) mass is 533 g/mol. The number of hydrogen-bond acceptors (Lipinski definition) is 3. The van der Waals surface area contributed by atoms with Crippen molar-refractivity contribution in [1.82, 2.24) is 4.98 Å². The van der Waals surface area contributed by atoms with Gasteiger partial charge in [0, 0.05) is 24.4 Å². The van der Waals surface area contributed by atoms with Gasteiger partial charge in [0.05, 0.1) is 6.61 Å². The predicted molar refractivity (Wildman–Crippen MR) is 132 cm³/mol. The first-order valence-corrected chi connectivity index (χ1v) is 11.9. The number of halogens is 6. The molecule has 3 aromatic carbocycles. The SMILES string of the molecule is COCc1ccc(CCc2ccc3c(F)c(CCc4cc(F)c(OCC(F)(F)F)c(F)c4)ccc3c2)nc1. The molecule has 0 unspecified atom stereocenters. The molecule has 0 saturated heterocycles. The highest BCUT2D eigenvalue weighted by molar-refractivity contribution is 5.84. The molecule has 38 heavy (non-hydrogen) atoms. The molecule has 4 rings (SSSR count). The van der Waals surface area contributed by atoms with Gasteiger partial charge in [-0.2, -0.15) is 13.2 Å². The van der Waals surface area contributed by atoms with Gasteiger partial charge in [-0.1, -0.05) is 36.4 Å². The maximum absolute atomic E-state index is 15.2. The van der Waals surface area contributed by atoms with Crippen molar-refractivity contribution >= 4 is 10.8 Å². The Morgan fingerprint density at radius 1 is 0.763 bits per heavy atom. The number of aromatic nitrogens is 1. The number of benzene rings is 3. The summed E-state index contributed by atoms with van der Waals surface area (Å²) in [7, 11) is 1.63. The van der Waals surface area contributed by atoms with Gasteiger partial charge in [0.1, 0.15) is 5.82 Å². The summed E-state index contributed by atoms with van der Waals surface area (Å²) in [5.74, 6) is -3.98. The second-order valence-corrected chi connectivity index (χ2v) is 8.98. The molecule has 1 heterocycles. The van der Waals surface area contributed by atoms with Crippen LogP contribution >= 0.6 is 0 Å². The van der Waals surface area contributed by atoms with Crippen LogP contribution in [0.25, 0.3) is 10.8 Å². The fourth-order valence-electron chi connectivity index (χ4n) is 4.19. The van der Waals surface area contributed by atoms with Gasteiger partial charge in [0.25, 0.3) is 0 Å². The molecule has 0 atom stereocenters. The number of alkyl halides is 3. The Balaban J connectivity index is 1.41. The first-order chi connectivity index (χ1) is 18.1. The highest BCUT2D eigenvalue weighted by atomic mass is 19.4. The Morgan fingerprint density at radius 2 is 1.47 bits per heavy atom. The van der Waals surface area contributed by atoms with Gasteiger partial charge in [-0.05, 0) is 71.5 Å². The number of fused-ring (bicyclic) bond motifs is 1. The second-order valence-electron chi connectivity index (χ2n) is 8.98. The molecule has 3 nitrogen and oxygen atoms in total. The lowest BCUT2D eigenvalue weighted by molar-refractivity contribution is -0.154. The lowest BCUT2D eigenvalue weighted by Gasteiger charge is -2.12. The molecule has 200 valence electrons. The molecule has 0 N–H and O–H groups in total. The third-order valence-electron chi connectivity index (χ3n) is 6.09. The summed E-state index contributed by atoms with van der Waals surface area (Å²) in [4.78, 5) is 4.44. The molecule has 0 spiro atoms. The number of pyridine rings is 1. The quantitative estimate of drug-likeness (QED) is 0.200. The van der Waals surface area contributed by atoms with Gasteiger partial charge in [-0.3, -0.25) is 4.98 Å². The van der Waals surface area contributed by atoms with Gasteiger partial charge in [-0.15, -0.1) is 0 Å². The van der Waals surface area contributed by atoms with Gasteiger partial charge in [0.2, 0.25) is 0 Å². The topological polar surface area (TPSA) is 31.4 Å². The molecule has 0 amide bonds. The zero-order valence-electron chi connectivity index (χ0n) is 20.5. The molecule has 0 aliphatic heterocycles. The van der Waals surface area contributed by atoms with E-state index in [1.807, 2.05) is 24.3 Å². The summed E-state index contributed by atoms with van der Waals surface area (Å²) < 4.78 is 89.7. The summed E-state index contributed by atoms with van der Waals surface area (Å²) in [5, 5.41) is 1.16. The molecule has 0 bridgehead atoms. The number of nitrogens with zero attached hydrogens (tertiary/aromatic N) is 1. The van der Waals surface area contributed by atoms with E-state index in [9.17, 15) is 22.0 Å². The molecule has 4 aromatic rings. The van der Waals surface area contributed by atoms with Crippen LogP contribution in [0.2, 0.25) is 0 Å². The number of hydrogen-bond donors (Lipinski definition) is 0. The Morgan fingerprint density at radius 3 is 2.13 bits per heavy atom. The van der Waals surface area contributed by atoms with Crippen LogP contribution in [0.1, 0.15) is 27.9 Å². The van der Waals surface area contributed by atoms with E-state index >= 15 is 4.39 Å². The molecular weight excluding hydrogens is 508 g/mol. The van der Waals surface area contributed by atoms with Gasteiger partial charge in [0.15, 0.2) is 24.0 Å². The minimum absolute atomic E-state index is 0.0874. The van der Waals surface area contributed by atoms with Crippen LogP contribution in [0, 0.1) is 17.5 Å². The molecule has 0 fully saturated rings. The number of methoxy groups -OCH3 is 1. The highest BCUT2D eigenvalue weighted by Crippen LogP contribution is 2.28. The number of rotatable bonds is 10. The van der Waals surface area contributed by atoms with E-state index in [1.54, 1.807) is 31.5 Å². The summed E-state index contributed by atoms with van der Waals surface area (Å²) in [6, 6.07) is 14.7. The lowest BCUT2D eigenvalue weighted by atomic mass is 9.97. The standard InChI is InChI=1S/C29H25F6NO2/c1-37-16-20-4-10-23(36-15-20)9-3-18-5-11-24-22(12-18)8-7-21(27(24)32)6-2-19-13-25(30)28(26(31)14-19)38-17-29(33,34)35/h4-5,7-8,10-15H,2-3,6,9,16-17H2,1H3. The lowest BCUT2D eigenvalue weighted by Crippen LogP contribution is -2.20. The fraction of sp³-hybridized carbons (Fsp3) is 0.276. The van der Waals surface area contributed by atoms with Gasteiger partial charge < -0.3 is 9.47 Å². The molecule has 0 saturated carbocycles. The zero-order valence-corrected chi connectivity index (χ0v) is 20.5. The van der Waals surface area contributed by atoms with E-state index < -0.39 is 36.0 Å². The van der Waals surface area contributed by atoms with Crippen molar-refractivity contribution < 1.29 is 35.8 Å². The van der Waals surface area contributed by atoms with E-state index in [4.69, 9.17) is 4.74 Å². The van der Waals surface area contributed by atoms with Gasteiger partial charge >= 0.3 is 6.18 Å². The van der Waals surface area contributed by atoms with E-state index in [2.05, 4.69) is 9.72 Å². The first-order valence-electron chi connectivity index (χ1n) is 11.9. The number of ether oxygens (including phenoxy) is 2. The largest absolute Gasteiger partial charge is 0.478 e. The van der Waals surface area contributed by atoms with Crippen LogP contribution < -0.4 is 4.74 Å². The molecule has 1 aromatic heterocycles. The summed E-state index contributed by atoms with van der Waals surface area (Å²) in [5.41, 5.74) is 3.52. The first kappa shape index (κ1) is 27.4. The summed E-state index contributed by atoms with van der Waals surface area (Å²) >= 11 is 0. The van der Waals surface area contributed by atoms with Crippen LogP contribution in [-0.2, 0) is 37.0 Å². The third-order valence-corrected chi connectivity index (χ3v) is 6.09. The Labute approximate surface area is 216 Å². The fourth-order valence-corrected chi connectivity index (χ4v) is 4.19. The van der Waals surface area contributed by atoms with Crippen molar-refractivity contribution in [2.45, 2.75) is 38.5 Å². The van der Waals surface area contributed by atoms with Crippen molar-refractivity contribution in [2.75, 3.05) is 13.7 Å². The predicted octanol–water partition coefficient (Wildman–Crippen LogP) is 7.31. The van der Waals surface area contributed by atoms with Crippen LogP contribution in [0.15, 0.2) is 60.8 Å². The van der Waals surface area contributed by atoms with Crippen LogP contribution in [0.5, 0.6) is 5.75 Å². The average Bonchev–Trinajstić information content (AvgIpc) is 2.87. The van der Waals surface area contributed by atoms with Crippen molar-refractivity contribution in [3.63, 3.8) is 0 Å². The second kappa shape index (κ2) is 11.9. The highest BCUT2D eigenvalue weighted by Gasteiger charge is 2.30. The zero-order chi connectivity index (χ0) is 27.3. The van der Waals surface area contributed by atoms with E-state index in [0.717, 1.165) is 47.2 Å². The maximum Gasteiger partial charge on any atom is 0.422 e. The average molecular weight is 534 g/mol. The Kier molecular flexibility index (Phi) is 8.56. The molecule has 0 radical (unpaired) electrons. The summed E-state index contributed by atoms with van der Waals surface area (Å²) in [6.07, 6.45) is -1.24. The smallest absolute Gasteiger partial charge is 0.422 e. The van der Waals surface area contributed by atoms with Crippen molar-refractivity contribution in [3.05, 3.63) is 106 Å². The normalized spacial score (nSPS) is 11.8. The molecule has 9 heteroatoms. The number of aryl methyl sites for hydroxylation is 4. The van der Waals surface area contributed by atoms with Crippen LogP contribution in [0.3, 0.4) is 0 Å². The van der Waals surface area contributed by atoms with Crippen LogP contribution in [-0.4, -0.2) is 24.9 Å². The van der Waals surface area contributed by atoms with Crippen molar-refractivity contribution in [1.29, 1.82) is 0 Å². The third kappa shape index (κ3) is 7.04. The summed E-state index contributed by atoms with van der Waals surface area (Å²) in [6.45, 7) is -1.30. The van der Waals surface area contributed by atoms with Crippen molar-refractivity contribution in [2.24, 2.45) is 0 Å².